The summed E-state index contributed by atoms with van der Waals surface area (Å²) in [4.78, 5) is 33.2. The van der Waals surface area contributed by atoms with Gasteiger partial charge in [0.15, 0.2) is 5.67 Å². The molecule has 0 bridgehead atoms. The number of amides is 1. The van der Waals surface area contributed by atoms with Crippen molar-refractivity contribution < 1.29 is 13.9 Å². The number of nitrogens with one attached hydrogen (secondary N) is 1. The van der Waals surface area contributed by atoms with Gasteiger partial charge in [-0.3, -0.25) is 9.78 Å². The molecule has 1 N–H and O–H groups in total. The first-order chi connectivity index (χ1) is 17.0. The molecule has 5 heterocycles. The molecule has 0 radical (unpaired) electrons. The molecule has 3 aromatic heterocycles. The third-order valence-electron chi connectivity index (χ3n) is 6.33. The number of alkyl halides is 1. The number of fused-ring (bicyclic) bond motifs is 2. The van der Waals surface area contributed by atoms with E-state index in [-0.39, 0.29) is 19.1 Å². The third kappa shape index (κ3) is 4.23. The lowest BCUT2D eigenvalue weighted by atomic mass is 9.90. The Balaban J connectivity index is 1.18. The number of hydrogen-bond acceptors (Lipinski definition) is 8. The molecule has 178 valence electrons. The van der Waals surface area contributed by atoms with Crippen molar-refractivity contribution >= 4 is 33.4 Å². The van der Waals surface area contributed by atoms with Gasteiger partial charge in [0.2, 0.25) is 5.95 Å². The number of halogens is 1. The highest BCUT2D eigenvalue weighted by Gasteiger charge is 2.33. The summed E-state index contributed by atoms with van der Waals surface area (Å²) in [6.07, 6.45) is 4.69. The van der Waals surface area contributed by atoms with Gasteiger partial charge in [-0.1, -0.05) is 6.07 Å². The molecule has 35 heavy (non-hydrogen) atoms. The van der Waals surface area contributed by atoms with Crippen LogP contribution in [0.5, 0.6) is 0 Å². The number of benzene rings is 1. The van der Waals surface area contributed by atoms with Crippen LogP contribution in [0.25, 0.3) is 20.9 Å². The normalized spacial score (nSPS) is 19.3. The average Bonchev–Trinajstić information content (AvgIpc) is 3.25. The topological polar surface area (TPSA) is 93.1 Å². The number of pyridine rings is 1. The summed E-state index contributed by atoms with van der Waals surface area (Å²) in [5, 5.41) is 3.68. The van der Waals surface area contributed by atoms with Gasteiger partial charge in [-0.15, -0.1) is 11.3 Å². The predicted octanol–water partition coefficient (Wildman–Crippen LogP) is 4.00. The monoisotopic (exact) mass is 490 g/mol. The number of rotatable bonds is 5. The molecule has 1 atom stereocenters. The van der Waals surface area contributed by atoms with Crippen molar-refractivity contribution in [3.05, 3.63) is 65.1 Å². The fraction of sp³-hybridized carbons (Fsp3) is 0.320. The zero-order valence-electron chi connectivity index (χ0n) is 19.1. The number of carbonyl (C=O) groups excluding carboxylic acids is 1. The Bertz CT molecular complexity index is 1430. The SMILES string of the molecule is C[C@@]1(F)COCc2ccc(C(=O)NCc3cc4nc(-c5ccnc(N6CCC6)n5)sc4cn3)cc21. The van der Waals surface area contributed by atoms with E-state index in [4.69, 9.17) is 9.72 Å². The van der Waals surface area contributed by atoms with Crippen molar-refractivity contribution in [3.8, 4) is 10.7 Å². The van der Waals surface area contributed by atoms with Crippen LogP contribution in [0.4, 0.5) is 10.3 Å². The number of ether oxygens (including phenoxy) is 1. The molecule has 1 fully saturated rings. The molecule has 0 spiro atoms. The lowest BCUT2D eigenvalue weighted by Gasteiger charge is -2.30. The van der Waals surface area contributed by atoms with E-state index in [1.165, 1.54) is 18.3 Å². The standard InChI is InChI=1S/C25H23FN6O2S/c1-25(26)14-34-13-16-4-3-15(9-18(16)25)22(33)29-11-17-10-20-21(12-28-17)35-23(30-20)19-5-6-27-24(31-19)32-7-2-8-32/h3-6,9-10,12H,2,7-8,11,13-14H2,1H3,(H,29,33)/t25-/m1/s1. The van der Waals surface area contributed by atoms with Crippen molar-refractivity contribution in [1.29, 1.82) is 0 Å². The molecule has 0 saturated carbocycles. The average molecular weight is 491 g/mol. The van der Waals surface area contributed by atoms with Crippen molar-refractivity contribution in [1.82, 2.24) is 25.3 Å². The summed E-state index contributed by atoms with van der Waals surface area (Å²) in [6.45, 7) is 4.01. The molecule has 1 aromatic carbocycles. The summed E-state index contributed by atoms with van der Waals surface area (Å²) in [5.41, 5.74) is 2.35. The largest absolute Gasteiger partial charge is 0.373 e. The van der Waals surface area contributed by atoms with E-state index >= 15 is 0 Å². The second-order valence-electron chi connectivity index (χ2n) is 8.99. The predicted molar refractivity (Wildman–Crippen MR) is 131 cm³/mol. The number of nitrogens with zero attached hydrogens (tertiary/aromatic N) is 5. The van der Waals surface area contributed by atoms with E-state index in [1.807, 2.05) is 12.1 Å². The molecular weight excluding hydrogens is 467 g/mol. The maximum absolute atomic E-state index is 14.8. The van der Waals surface area contributed by atoms with Crippen LogP contribution in [0.2, 0.25) is 0 Å². The van der Waals surface area contributed by atoms with Gasteiger partial charge in [0.1, 0.15) is 10.7 Å². The highest BCUT2D eigenvalue weighted by atomic mass is 32.1. The van der Waals surface area contributed by atoms with Crippen molar-refractivity contribution in [2.45, 2.75) is 32.2 Å². The summed E-state index contributed by atoms with van der Waals surface area (Å²) >= 11 is 1.52. The van der Waals surface area contributed by atoms with Gasteiger partial charge in [-0.05, 0) is 48.7 Å². The lowest BCUT2D eigenvalue weighted by molar-refractivity contribution is -0.00467. The Kier molecular flexibility index (Phi) is 5.42. The highest BCUT2D eigenvalue weighted by Crippen LogP contribution is 2.34. The van der Waals surface area contributed by atoms with E-state index in [2.05, 4.69) is 25.2 Å². The van der Waals surface area contributed by atoms with Gasteiger partial charge in [0, 0.05) is 31.0 Å². The number of hydrogen-bond donors (Lipinski definition) is 1. The number of anilines is 1. The van der Waals surface area contributed by atoms with Crippen molar-refractivity contribution in [3.63, 3.8) is 0 Å². The quantitative estimate of drug-likeness (QED) is 0.452. The molecule has 0 aliphatic carbocycles. The summed E-state index contributed by atoms with van der Waals surface area (Å²) < 4.78 is 21.1. The van der Waals surface area contributed by atoms with E-state index < -0.39 is 5.67 Å². The first-order valence-corrected chi connectivity index (χ1v) is 12.3. The van der Waals surface area contributed by atoms with Crippen LogP contribution < -0.4 is 10.2 Å². The van der Waals surface area contributed by atoms with Crippen LogP contribution in [0.3, 0.4) is 0 Å². The van der Waals surface area contributed by atoms with Gasteiger partial charge in [0.05, 0.1) is 35.7 Å². The van der Waals surface area contributed by atoms with Gasteiger partial charge in [-0.2, -0.15) is 0 Å². The Morgan fingerprint density at radius 1 is 1.23 bits per heavy atom. The fourth-order valence-corrected chi connectivity index (χ4v) is 5.14. The number of carbonyl (C=O) groups is 1. The minimum Gasteiger partial charge on any atom is -0.373 e. The number of aromatic nitrogens is 4. The van der Waals surface area contributed by atoms with Gasteiger partial charge in [-0.25, -0.2) is 19.3 Å². The summed E-state index contributed by atoms with van der Waals surface area (Å²) in [5.74, 6) is 0.452. The Labute approximate surface area is 205 Å². The first kappa shape index (κ1) is 22.0. The van der Waals surface area contributed by atoms with Crippen LogP contribution in [0.15, 0.2) is 42.7 Å². The maximum atomic E-state index is 14.8. The van der Waals surface area contributed by atoms with Crippen LogP contribution in [0, 0.1) is 0 Å². The summed E-state index contributed by atoms with van der Waals surface area (Å²) in [6, 6.07) is 8.80. The van der Waals surface area contributed by atoms with E-state index in [0.29, 0.717) is 23.4 Å². The first-order valence-electron chi connectivity index (χ1n) is 11.5. The zero-order chi connectivity index (χ0) is 24.0. The lowest BCUT2D eigenvalue weighted by Crippen LogP contribution is -2.38. The molecular formula is C25H23FN6O2S. The molecule has 4 aromatic rings. The molecule has 0 unspecified atom stereocenters. The zero-order valence-corrected chi connectivity index (χ0v) is 19.9. The summed E-state index contributed by atoms with van der Waals surface area (Å²) in [7, 11) is 0. The second-order valence-corrected chi connectivity index (χ2v) is 10.0. The minimum atomic E-state index is -1.61. The molecule has 1 amide bonds. The fourth-order valence-electron chi connectivity index (χ4n) is 4.25. The van der Waals surface area contributed by atoms with Crippen LogP contribution in [-0.4, -0.2) is 45.5 Å². The molecule has 6 rings (SSSR count). The van der Waals surface area contributed by atoms with Crippen molar-refractivity contribution in [2.75, 3.05) is 24.6 Å². The smallest absolute Gasteiger partial charge is 0.251 e. The Morgan fingerprint density at radius 3 is 2.94 bits per heavy atom. The van der Waals surface area contributed by atoms with Crippen LogP contribution in [0.1, 0.15) is 40.5 Å². The molecule has 10 heteroatoms. The van der Waals surface area contributed by atoms with Crippen LogP contribution >= 0.6 is 11.3 Å². The second kappa shape index (κ2) is 8.62. The van der Waals surface area contributed by atoms with E-state index in [0.717, 1.165) is 51.9 Å². The molecule has 2 aliphatic heterocycles. The molecule has 1 saturated heterocycles. The van der Waals surface area contributed by atoms with Gasteiger partial charge >= 0.3 is 0 Å². The van der Waals surface area contributed by atoms with E-state index in [1.54, 1.807) is 30.6 Å². The third-order valence-corrected chi connectivity index (χ3v) is 7.36. The number of thiazole rings is 1. The molecule has 2 aliphatic rings. The minimum absolute atomic E-state index is 0.0147. The Morgan fingerprint density at radius 2 is 2.11 bits per heavy atom. The van der Waals surface area contributed by atoms with Gasteiger partial charge in [0.25, 0.3) is 5.91 Å². The maximum Gasteiger partial charge on any atom is 0.251 e. The highest BCUT2D eigenvalue weighted by molar-refractivity contribution is 7.21. The van der Waals surface area contributed by atoms with Gasteiger partial charge < -0.3 is 15.0 Å². The van der Waals surface area contributed by atoms with E-state index in [9.17, 15) is 9.18 Å². The molecule has 8 nitrogen and oxygen atoms in total. The van der Waals surface area contributed by atoms with Crippen molar-refractivity contribution in [2.24, 2.45) is 0 Å². The van der Waals surface area contributed by atoms with Crippen LogP contribution in [-0.2, 0) is 23.6 Å². The Hall–Kier alpha value is -3.50.